The molecule has 21 heavy (non-hydrogen) atoms. The standard InChI is InChI=1S/C17H26N2O2/c1-2-11-21-16-10-6-9-15(12-16)18-13-17(20)19-14-7-4-3-5-8-14/h6,9-10,12,14,18H,2-5,7-8,11,13H2,1H3,(H,19,20). The highest BCUT2D eigenvalue weighted by molar-refractivity contribution is 5.81. The van der Waals surface area contributed by atoms with Crippen LogP contribution < -0.4 is 15.4 Å². The highest BCUT2D eigenvalue weighted by Gasteiger charge is 2.15. The lowest BCUT2D eigenvalue weighted by atomic mass is 9.95. The van der Waals surface area contributed by atoms with Crippen LogP contribution in [0.1, 0.15) is 45.4 Å². The summed E-state index contributed by atoms with van der Waals surface area (Å²) in [5.41, 5.74) is 0.919. The summed E-state index contributed by atoms with van der Waals surface area (Å²) in [6.07, 6.45) is 6.99. The number of hydrogen-bond donors (Lipinski definition) is 2. The molecule has 1 fully saturated rings. The van der Waals surface area contributed by atoms with E-state index in [1.54, 1.807) is 0 Å². The summed E-state index contributed by atoms with van der Waals surface area (Å²) in [6.45, 7) is 3.11. The van der Waals surface area contributed by atoms with E-state index in [9.17, 15) is 4.79 Å². The molecule has 0 heterocycles. The van der Waals surface area contributed by atoms with Gasteiger partial charge in [-0.25, -0.2) is 0 Å². The second-order valence-corrected chi connectivity index (χ2v) is 5.63. The van der Waals surface area contributed by atoms with E-state index in [2.05, 4.69) is 17.6 Å². The molecule has 4 heteroatoms. The number of carbonyl (C=O) groups is 1. The Bertz CT molecular complexity index is 442. The number of carbonyl (C=O) groups excluding carboxylic acids is 1. The Labute approximate surface area is 127 Å². The Kier molecular flexibility index (Phi) is 6.38. The first kappa shape index (κ1) is 15.7. The third kappa shape index (κ3) is 5.66. The van der Waals surface area contributed by atoms with E-state index < -0.39 is 0 Å². The molecular weight excluding hydrogens is 264 g/mol. The lowest BCUT2D eigenvalue weighted by Crippen LogP contribution is -2.39. The van der Waals surface area contributed by atoms with E-state index in [0.717, 1.165) is 30.7 Å². The van der Waals surface area contributed by atoms with Crippen LogP contribution in [0.3, 0.4) is 0 Å². The Morgan fingerprint density at radius 2 is 2.10 bits per heavy atom. The predicted molar refractivity (Wildman–Crippen MR) is 85.7 cm³/mol. The number of nitrogens with one attached hydrogen (secondary N) is 2. The minimum atomic E-state index is 0.0711. The first-order chi connectivity index (χ1) is 10.3. The molecule has 0 unspecified atom stereocenters. The van der Waals surface area contributed by atoms with Gasteiger partial charge < -0.3 is 15.4 Å². The van der Waals surface area contributed by atoms with Crippen molar-refractivity contribution in [2.75, 3.05) is 18.5 Å². The van der Waals surface area contributed by atoms with Gasteiger partial charge in [-0.1, -0.05) is 32.3 Å². The summed E-state index contributed by atoms with van der Waals surface area (Å²) >= 11 is 0. The average molecular weight is 290 g/mol. The number of ether oxygens (including phenoxy) is 1. The lowest BCUT2D eigenvalue weighted by molar-refractivity contribution is -0.120. The number of benzene rings is 1. The van der Waals surface area contributed by atoms with Crippen molar-refractivity contribution in [3.05, 3.63) is 24.3 Å². The van der Waals surface area contributed by atoms with Gasteiger partial charge in [-0.3, -0.25) is 4.79 Å². The van der Waals surface area contributed by atoms with Crippen LogP contribution in [0.15, 0.2) is 24.3 Å². The van der Waals surface area contributed by atoms with E-state index in [4.69, 9.17) is 4.74 Å². The van der Waals surface area contributed by atoms with Gasteiger partial charge in [0, 0.05) is 17.8 Å². The molecule has 4 nitrogen and oxygen atoms in total. The Morgan fingerprint density at radius 1 is 1.29 bits per heavy atom. The Hall–Kier alpha value is -1.71. The molecule has 1 aliphatic rings. The monoisotopic (exact) mass is 290 g/mol. The summed E-state index contributed by atoms with van der Waals surface area (Å²) < 4.78 is 5.58. The molecule has 2 N–H and O–H groups in total. The SMILES string of the molecule is CCCOc1cccc(NCC(=O)NC2CCCCC2)c1. The van der Waals surface area contributed by atoms with Crippen LogP contribution >= 0.6 is 0 Å². The van der Waals surface area contributed by atoms with Gasteiger partial charge in [-0.2, -0.15) is 0 Å². The van der Waals surface area contributed by atoms with Gasteiger partial charge in [-0.05, 0) is 31.4 Å². The van der Waals surface area contributed by atoms with Crippen LogP contribution in [0.25, 0.3) is 0 Å². The smallest absolute Gasteiger partial charge is 0.239 e. The van der Waals surface area contributed by atoms with Gasteiger partial charge in [0.1, 0.15) is 5.75 Å². The van der Waals surface area contributed by atoms with Crippen molar-refractivity contribution in [3.63, 3.8) is 0 Å². The largest absolute Gasteiger partial charge is 0.494 e. The molecule has 1 aliphatic carbocycles. The molecule has 1 aromatic carbocycles. The Morgan fingerprint density at radius 3 is 2.86 bits per heavy atom. The maximum atomic E-state index is 11.9. The number of hydrogen-bond acceptors (Lipinski definition) is 3. The molecule has 0 bridgehead atoms. The molecule has 0 radical (unpaired) electrons. The average Bonchev–Trinajstić information content (AvgIpc) is 2.52. The van der Waals surface area contributed by atoms with E-state index in [1.165, 1.54) is 19.3 Å². The van der Waals surface area contributed by atoms with E-state index in [1.807, 2.05) is 24.3 Å². The number of anilines is 1. The van der Waals surface area contributed by atoms with Gasteiger partial charge in [0.05, 0.1) is 13.2 Å². The molecule has 2 rings (SSSR count). The summed E-state index contributed by atoms with van der Waals surface area (Å²) in [5, 5.41) is 6.26. The molecule has 1 saturated carbocycles. The van der Waals surface area contributed by atoms with Crippen molar-refractivity contribution in [1.82, 2.24) is 5.32 Å². The van der Waals surface area contributed by atoms with Crippen molar-refractivity contribution in [2.45, 2.75) is 51.5 Å². The fourth-order valence-electron chi connectivity index (χ4n) is 2.62. The van der Waals surface area contributed by atoms with Gasteiger partial charge in [-0.15, -0.1) is 0 Å². The van der Waals surface area contributed by atoms with Crippen molar-refractivity contribution in [1.29, 1.82) is 0 Å². The van der Waals surface area contributed by atoms with Gasteiger partial charge in [0.15, 0.2) is 0 Å². The van der Waals surface area contributed by atoms with Crippen molar-refractivity contribution in [2.24, 2.45) is 0 Å². The molecule has 0 spiro atoms. The predicted octanol–water partition coefficient (Wildman–Crippen LogP) is 3.34. The van der Waals surface area contributed by atoms with Crippen LogP contribution in [0, 0.1) is 0 Å². The topological polar surface area (TPSA) is 50.4 Å². The minimum Gasteiger partial charge on any atom is -0.494 e. The minimum absolute atomic E-state index is 0.0711. The molecule has 0 aromatic heterocycles. The molecule has 116 valence electrons. The first-order valence-electron chi connectivity index (χ1n) is 8.04. The van der Waals surface area contributed by atoms with Crippen LogP contribution in [-0.4, -0.2) is 25.1 Å². The quantitative estimate of drug-likeness (QED) is 0.810. The molecule has 0 aliphatic heterocycles. The fraction of sp³-hybridized carbons (Fsp3) is 0.588. The van der Waals surface area contributed by atoms with Crippen LogP contribution in [-0.2, 0) is 4.79 Å². The summed E-state index contributed by atoms with van der Waals surface area (Å²) in [7, 11) is 0. The third-order valence-electron chi connectivity index (χ3n) is 3.73. The summed E-state index contributed by atoms with van der Waals surface area (Å²) in [4.78, 5) is 11.9. The fourth-order valence-corrected chi connectivity index (χ4v) is 2.62. The van der Waals surface area contributed by atoms with Gasteiger partial charge in [0.2, 0.25) is 5.91 Å². The van der Waals surface area contributed by atoms with E-state index >= 15 is 0 Å². The zero-order chi connectivity index (χ0) is 14.9. The molecular formula is C17H26N2O2. The van der Waals surface area contributed by atoms with Gasteiger partial charge >= 0.3 is 0 Å². The zero-order valence-corrected chi connectivity index (χ0v) is 12.9. The molecule has 0 atom stereocenters. The normalized spacial score (nSPS) is 15.5. The van der Waals surface area contributed by atoms with E-state index in [-0.39, 0.29) is 5.91 Å². The van der Waals surface area contributed by atoms with Crippen LogP contribution in [0.2, 0.25) is 0 Å². The first-order valence-corrected chi connectivity index (χ1v) is 8.04. The molecule has 1 amide bonds. The van der Waals surface area contributed by atoms with Gasteiger partial charge in [0.25, 0.3) is 0 Å². The van der Waals surface area contributed by atoms with Crippen LogP contribution in [0.4, 0.5) is 5.69 Å². The highest BCUT2D eigenvalue weighted by atomic mass is 16.5. The van der Waals surface area contributed by atoms with Crippen molar-refractivity contribution in [3.8, 4) is 5.75 Å². The molecule has 0 saturated heterocycles. The van der Waals surface area contributed by atoms with E-state index in [0.29, 0.717) is 19.2 Å². The van der Waals surface area contributed by atoms with Crippen molar-refractivity contribution >= 4 is 11.6 Å². The lowest BCUT2D eigenvalue weighted by Gasteiger charge is -2.22. The highest BCUT2D eigenvalue weighted by Crippen LogP contribution is 2.18. The third-order valence-corrected chi connectivity index (χ3v) is 3.73. The molecule has 1 aromatic rings. The van der Waals surface area contributed by atoms with Crippen LogP contribution in [0.5, 0.6) is 5.75 Å². The second kappa shape index (κ2) is 8.55. The maximum Gasteiger partial charge on any atom is 0.239 e. The van der Waals surface area contributed by atoms with Crippen molar-refractivity contribution < 1.29 is 9.53 Å². The maximum absolute atomic E-state index is 11.9. The summed E-state index contributed by atoms with van der Waals surface area (Å²) in [5.74, 6) is 0.913. The Balaban J connectivity index is 1.75. The second-order valence-electron chi connectivity index (χ2n) is 5.63. The number of amides is 1. The zero-order valence-electron chi connectivity index (χ0n) is 12.9. The number of rotatable bonds is 7. The summed E-state index contributed by atoms with van der Waals surface area (Å²) in [6, 6.07) is 8.12.